The third-order valence-electron chi connectivity index (χ3n) is 10.1. The summed E-state index contributed by atoms with van der Waals surface area (Å²) in [6, 6.07) is 0. The SMILES string of the molecule is COCO[C@@H]1CC(=C/C=C2/CCC[C@]3(C)[C@@H]([C@H](C)CO[Si](C)(C)C(C)(C)C)CC[C@@H]23)C[C@@H](OCOC)C1. The lowest BCUT2D eigenvalue weighted by Gasteiger charge is -2.45. The van der Waals surface area contributed by atoms with Crippen LogP contribution < -0.4 is 0 Å². The Bertz CT molecular complexity index is 767. The molecule has 0 aromatic rings. The highest BCUT2D eigenvalue weighted by molar-refractivity contribution is 6.74. The van der Waals surface area contributed by atoms with Crippen LogP contribution in [0.15, 0.2) is 23.3 Å². The second-order valence-electron chi connectivity index (χ2n) is 13.7. The van der Waals surface area contributed by atoms with Gasteiger partial charge in [-0.25, -0.2) is 0 Å². The van der Waals surface area contributed by atoms with Crippen LogP contribution in [0, 0.1) is 23.2 Å². The molecule has 5 nitrogen and oxygen atoms in total. The van der Waals surface area contributed by atoms with Crippen molar-refractivity contribution in [1.82, 2.24) is 0 Å². The van der Waals surface area contributed by atoms with Gasteiger partial charge in [-0.15, -0.1) is 0 Å². The zero-order valence-electron chi connectivity index (χ0n) is 25.4. The molecule has 6 atom stereocenters. The van der Waals surface area contributed by atoms with Gasteiger partial charge in [0.05, 0.1) is 12.2 Å². The molecule has 0 aromatic carbocycles. The van der Waals surface area contributed by atoms with Gasteiger partial charge < -0.3 is 23.4 Å². The normalized spacial score (nSPS) is 33.0. The van der Waals surface area contributed by atoms with Gasteiger partial charge in [-0.1, -0.05) is 57.9 Å². The molecule has 214 valence electrons. The van der Waals surface area contributed by atoms with Crippen molar-refractivity contribution < 1.29 is 23.4 Å². The summed E-state index contributed by atoms with van der Waals surface area (Å²) in [5.74, 6) is 2.05. The molecule has 0 aliphatic heterocycles. The number of hydrogen-bond donors (Lipinski definition) is 0. The summed E-state index contributed by atoms with van der Waals surface area (Å²) < 4.78 is 28.9. The van der Waals surface area contributed by atoms with E-state index >= 15 is 0 Å². The molecule has 0 amide bonds. The van der Waals surface area contributed by atoms with Crippen LogP contribution in [-0.4, -0.2) is 54.9 Å². The molecule has 6 heteroatoms. The van der Waals surface area contributed by atoms with Crippen LogP contribution in [0.5, 0.6) is 0 Å². The Morgan fingerprint density at radius 3 is 2.19 bits per heavy atom. The quantitative estimate of drug-likeness (QED) is 0.199. The fourth-order valence-corrected chi connectivity index (χ4v) is 8.07. The fraction of sp³-hybridized carbons (Fsp3) is 0.871. The van der Waals surface area contributed by atoms with Gasteiger partial charge in [-0.2, -0.15) is 0 Å². The third-order valence-corrected chi connectivity index (χ3v) is 14.6. The van der Waals surface area contributed by atoms with Crippen LogP contribution in [0.25, 0.3) is 0 Å². The van der Waals surface area contributed by atoms with Crippen LogP contribution in [0.2, 0.25) is 18.1 Å². The monoisotopic (exact) mass is 536 g/mol. The van der Waals surface area contributed by atoms with Crippen molar-refractivity contribution in [3.63, 3.8) is 0 Å². The molecule has 3 aliphatic carbocycles. The van der Waals surface area contributed by atoms with E-state index in [0.717, 1.165) is 31.8 Å². The van der Waals surface area contributed by atoms with E-state index in [0.29, 0.717) is 30.8 Å². The molecule has 0 heterocycles. The molecule has 0 N–H and O–H groups in total. The second kappa shape index (κ2) is 13.2. The van der Waals surface area contributed by atoms with Crippen molar-refractivity contribution in [3.8, 4) is 0 Å². The third kappa shape index (κ3) is 7.79. The Labute approximate surface area is 228 Å². The molecule has 3 fully saturated rings. The number of fused-ring (bicyclic) bond motifs is 1. The number of allylic oxidation sites excluding steroid dienone is 3. The van der Waals surface area contributed by atoms with E-state index in [4.69, 9.17) is 23.4 Å². The number of methoxy groups -OCH3 is 2. The lowest BCUT2D eigenvalue weighted by atomic mass is 9.61. The van der Waals surface area contributed by atoms with E-state index in [2.05, 4.69) is 59.9 Å². The molecule has 37 heavy (non-hydrogen) atoms. The van der Waals surface area contributed by atoms with Crippen molar-refractivity contribution in [1.29, 1.82) is 0 Å². The van der Waals surface area contributed by atoms with E-state index < -0.39 is 8.32 Å². The van der Waals surface area contributed by atoms with Gasteiger partial charge in [0.2, 0.25) is 0 Å². The fourth-order valence-electron chi connectivity index (χ4n) is 6.96. The highest BCUT2D eigenvalue weighted by atomic mass is 28.4. The van der Waals surface area contributed by atoms with E-state index in [1.54, 1.807) is 19.8 Å². The first-order chi connectivity index (χ1) is 17.4. The zero-order valence-corrected chi connectivity index (χ0v) is 26.4. The molecule has 0 radical (unpaired) electrons. The van der Waals surface area contributed by atoms with Gasteiger partial charge in [-0.3, -0.25) is 0 Å². The molecule has 3 saturated carbocycles. The predicted molar refractivity (Wildman–Crippen MR) is 154 cm³/mol. The maximum absolute atomic E-state index is 6.70. The average molecular weight is 537 g/mol. The van der Waals surface area contributed by atoms with E-state index in [9.17, 15) is 0 Å². The lowest BCUT2D eigenvalue weighted by molar-refractivity contribution is -0.121. The predicted octanol–water partition coefficient (Wildman–Crippen LogP) is 7.88. The molecular formula is C31H56O5Si. The zero-order chi connectivity index (χ0) is 27.3. The maximum Gasteiger partial charge on any atom is 0.191 e. The molecule has 0 saturated heterocycles. The van der Waals surface area contributed by atoms with Crippen LogP contribution in [-0.2, 0) is 23.4 Å². The molecule has 0 spiro atoms. The number of ether oxygens (including phenoxy) is 4. The molecule has 3 aliphatic rings. The number of rotatable bonds is 11. The van der Waals surface area contributed by atoms with Crippen molar-refractivity contribution in [2.75, 3.05) is 34.4 Å². The highest BCUT2D eigenvalue weighted by Gasteiger charge is 2.51. The smallest absolute Gasteiger partial charge is 0.191 e. The van der Waals surface area contributed by atoms with Gasteiger partial charge in [0.1, 0.15) is 13.6 Å². The van der Waals surface area contributed by atoms with Gasteiger partial charge in [0.15, 0.2) is 8.32 Å². The minimum atomic E-state index is -1.72. The first-order valence-corrected chi connectivity index (χ1v) is 17.6. The second-order valence-corrected chi connectivity index (χ2v) is 18.6. The Kier molecular flexibility index (Phi) is 11.1. The largest absolute Gasteiger partial charge is 0.417 e. The van der Waals surface area contributed by atoms with Crippen LogP contribution in [0.1, 0.15) is 86.0 Å². The highest BCUT2D eigenvalue weighted by Crippen LogP contribution is 2.59. The summed E-state index contributed by atoms with van der Waals surface area (Å²) in [7, 11) is 1.64. The van der Waals surface area contributed by atoms with Crippen LogP contribution in [0.3, 0.4) is 0 Å². The first-order valence-electron chi connectivity index (χ1n) is 14.6. The summed E-state index contributed by atoms with van der Waals surface area (Å²) in [5.41, 5.74) is 3.47. The summed E-state index contributed by atoms with van der Waals surface area (Å²) in [6.45, 7) is 18.4. The molecular weight excluding hydrogens is 480 g/mol. The topological polar surface area (TPSA) is 46.2 Å². The van der Waals surface area contributed by atoms with Crippen LogP contribution >= 0.6 is 0 Å². The summed E-state index contributed by atoms with van der Waals surface area (Å²) in [5, 5.41) is 0.267. The Morgan fingerprint density at radius 2 is 1.62 bits per heavy atom. The van der Waals surface area contributed by atoms with Crippen molar-refractivity contribution >= 4 is 8.32 Å². The lowest BCUT2D eigenvalue weighted by Crippen LogP contribution is -2.43. The summed E-state index contributed by atoms with van der Waals surface area (Å²) >= 11 is 0. The average Bonchev–Trinajstić information content (AvgIpc) is 3.20. The molecule has 3 rings (SSSR count). The minimum absolute atomic E-state index is 0.134. The van der Waals surface area contributed by atoms with E-state index in [-0.39, 0.29) is 17.2 Å². The van der Waals surface area contributed by atoms with Gasteiger partial charge in [0.25, 0.3) is 0 Å². The van der Waals surface area contributed by atoms with E-state index in [1.165, 1.54) is 37.7 Å². The Balaban J connectivity index is 1.69. The van der Waals surface area contributed by atoms with E-state index in [1.807, 2.05) is 0 Å². The minimum Gasteiger partial charge on any atom is -0.417 e. The van der Waals surface area contributed by atoms with Gasteiger partial charge >= 0.3 is 0 Å². The molecule has 0 aromatic heterocycles. The van der Waals surface area contributed by atoms with Crippen LogP contribution in [0.4, 0.5) is 0 Å². The summed E-state index contributed by atoms with van der Waals surface area (Å²) in [6.07, 6.45) is 14.5. The van der Waals surface area contributed by atoms with Gasteiger partial charge in [-0.05, 0) is 86.2 Å². The maximum atomic E-state index is 6.70. The Hall–Kier alpha value is -0.503. The number of hydrogen-bond acceptors (Lipinski definition) is 5. The summed E-state index contributed by atoms with van der Waals surface area (Å²) in [4.78, 5) is 0. The van der Waals surface area contributed by atoms with Crippen molar-refractivity contribution in [2.45, 2.75) is 116 Å². The van der Waals surface area contributed by atoms with Crippen molar-refractivity contribution in [3.05, 3.63) is 23.3 Å². The van der Waals surface area contributed by atoms with Gasteiger partial charge in [0, 0.05) is 27.2 Å². The Morgan fingerprint density at radius 1 is 1.00 bits per heavy atom. The molecule has 0 unspecified atom stereocenters. The van der Waals surface area contributed by atoms with Crippen molar-refractivity contribution in [2.24, 2.45) is 23.2 Å². The first kappa shape index (κ1) is 31.0. The molecule has 0 bridgehead atoms. The standard InChI is InChI=1S/C31H56O5Si/c1-23(20-36-37(8,9)30(2,3)4)28-14-15-29-25(11-10-16-31(28,29)5)13-12-24-17-26(34-21-32-6)19-27(18-24)35-22-33-7/h12-13,23,26-29H,10-11,14-22H2,1-9H3/b25-13-/t23-,26-,27-,28-,29+,31-/m1/s1.